The average Bonchev–Trinajstić information content (AvgIpc) is 3.13. The highest BCUT2D eigenvalue weighted by atomic mass is 32.1. The van der Waals surface area contributed by atoms with Gasteiger partial charge in [0.1, 0.15) is 0 Å². The van der Waals surface area contributed by atoms with E-state index in [9.17, 15) is 9.59 Å². The number of thiophene rings is 1. The first-order valence-corrected chi connectivity index (χ1v) is 8.75. The lowest BCUT2D eigenvalue weighted by Crippen LogP contribution is -2.39. The zero-order valence-corrected chi connectivity index (χ0v) is 14.4. The molecule has 0 spiro atoms. The highest BCUT2D eigenvalue weighted by molar-refractivity contribution is 7.10. The summed E-state index contributed by atoms with van der Waals surface area (Å²) >= 11 is 1.60. The summed E-state index contributed by atoms with van der Waals surface area (Å²) < 4.78 is 0. The molecule has 6 heteroatoms. The van der Waals surface area contributed by atoms with Gasteiger partial charge in [-0.25, -0.2) is 0 Å². The lowest BCUT2D eigenvalue weighted by atomic mass is 9.98. The molecule has 1 aromatic rings. The van der Waals surface area contributed by atoms with Crippen LogP contribution in [0.2, 0.25) is 0 Å². The Kier molecular flexibility index (Phi) is 5.97. The van der Waals surface area contributed by atoms with Crippen molar-refractivity contribution in [2.24, 2.45) is 5.92 Å². The van der Waals surface area contributed by atoms with Gasteiger partial charge in [-0.15, -0.1) is 11.3 Å². The van der Waals surface area contributed by atoms with Crippen LogP contribution in [0.3, 0.4) is 0 Å². The molecule has 0 bridgehead atoms. The summed E-state index contributed by atoms with van der Waals surface area (Å²) in [6.45, 7) is 7.67. The lowest BCUT2D eigenvalue weighted by Gasteiger charge is -2.24. The standard InChI is InChI=1S/C16H25N3O2S/c1-4-19(5-2)9-8-17-16(21)12-11-14(20)18(3)15(12)13-7-6-10-22-13/h6-7,10,12,15H,4-5,8-9,11H2,1-3H3,(H,17,21)/t12-,15-/m1/s1. The maximum absolute atomic E-state index is 12.5. The maximum Gasteiger partial charge on any atom is 0.226 e. The topological polar surface area (TPSA) is 52.7 Å². The summed E-state index contributed by atoms with van der Waals surface area (Å²) in [6.07, 6.45) is 0.302. The van der Waals surface area contributed by atoms with Crippen LogP contribution < -0.4 is 5.32 Å². The number of hydrogen-bond acceptors (Lipinski definition) is 4. The van der Waals surface area contributed by atoms with Gasteiger partial charge in [-0.05, 0) is 24.5 Å². The number of nitrogens with one attached hydrogen (secondary N) is 1. The quantitative estimate of drug-likeness (QED) is 0.831. The Morgan fingerprint density at radius 2 is 2.18 bits per heavy atom. The van der Waals surface area contributed by atoms with Crippen molar-refractivity contribution in [3.63, 3.8) is 0 Å². The molecule has 0 aliphatic carbocycles. The molecule has 2 atom stereocenters. The Morgan fingerprint density at radius 1 is 1.45 bits per heavy atom. The van der Waals surface area contributed by atoms with E-state index in [1.165, 1.54) is 0 Å². The van der Waals surface area contributed by atoms with Crippen molar-refractivity contribution in [1.29, 1.82) is 0 Å². The number of likely N-dealkylation sites (tertiary alicyclic amines) is 1. The number of rotatable bonds is 7. The third-order valence-electron chi connectivity index (χ3n) is 4.38. The first-order chi connectivity index (χ1) is 10.6. The highest BCUT2D eigenvalue weighted by Crippen LogP contribution is 2.38. The van der Waals surface area contributed by atoms with Crippen LogP contribution in [0.4, 0.5) is 0 Å². The van der Waals surface area contributed by atoms with E-state index in [0.717, 1.165) is 24.5 Å². The van der Waals surface area contributed by atoms with Crippen molar-refractivity contribution in [3.8, 4) is 0 Å². The zero-order chi connectivity index (χ0) is 16.1. The molecule has 0 saturated carbocycles. The third-order valence-corrected chi connectivity index (χ3v) is 5.32. The number of carbonyl (C=O) groups is 2. The summed E-state index contributed by atoms with van der Waals surface area (Å²) in [6, 6.07) is 3.84. The van der Waals surface area contributed by atoms with E-state index in [1.807, 2.05) is 17.5 Å². The number of likely N-dealkylation sites (N-methyl/N-ethyl adjacent to an activating group) is 1. The summed E-state index contributed by atoms with van der Waals surface area (Å²) in [5, 5.41) is 4.99. The number of amides is 2. The molecule has 0 unspecified atom stereocenters. The van der Waals surface area contributed by atoms with E-state index < -0.39 is 0 Å². The van der Waals surface area contributed by atoms with Crippen LogP contribution in [0.15, 0.2) is 17.5 Å². The van der Waals surface area contributed by atoms with E-state index >= 15 is 0 Å². The fourth-order valence-corrected chi connectivity index (χ4v) is 3.89. The molecule has 1 saturated heterocycles. The second-order valence-electron chi connectivity index (χ2n) is 5.59. The molecular formula is C16H25N3O2S. The van der Waals surface area contributed by atoms with Crippen LogP contribution in [0.1, 0.15) is 31.2 Å². The van der Waals surface area contributed by atoms with E-state index in [1.54, 1.807) is 23.3 Å². The van der Waals surface area contributed by atoms with Crippen molar-refractivity contribution < 1.29 is 9.59 Å². The van der Waals surface area contributed by atoms with Crippen LogP contribution >= 0.6 is 11.3 Å². The second-order valence-corrected chi connectivity index (χ2v) is 6.57. The Labute approximate surface area is 136 Å². The zero-order valence-electron chi connectivity index (χ0n) is 13.5. The van der Waals surface area contributed by atoms with Crippen LogP contribution in [0, 0.1) is 5.92 Å². The fraction of sp³-hybridized carbons (Fsp3) is 0.625. The Balaban J connectivity index is 1.97. The molecule has 1 aliphatic heterocycles. The van der Waals surface area contributed by atoms with Gasteiger partial charge in [-0.2, -0.15) is 0 Å². The van der Waals surface area contributed by atoms with Gasteiger partial charge in [-0.3, -0.25) is 9.59 Å². The first-order valence-electron chi connectivity index (χ1n) is 7.87. The predicted molar refractivity (Wildman–Crippen MR) is 88.7 cm³/mol. The van der Waals surface area contributed by atoms with Crippen molar-refractivity contribution in [3.05, 3.63) is 22.4 Å². The van der Waals surface area contributed by atoms with E-state index in [2.05, 4.69) is 24.1 Å². The summed E-state index contributed by atoms with van der Waals surface area (Å²) in [5.74, 6) is -0.251. The molecule has 1 N–H and O–H groups in total. The molecule has 122 valence electrons. The summed E-state index contributed by atoms with van der Waals surface area (Å²) in [4.78, 5) is 29.6. The molecular weight excluding hydrogens is 298 g/mol. The Hall–Kier alpha value is -1.40. The molecule has 2 rings (SSSR count). The molecule has 1 aromatic heterocycles. The van der Waals surface area contributed by atoms with Crippen molar-refractivity contribution in [1.82, 2.24) is 15.1 Å². The molecule has 0 aromatic carbocycles. The van der Waals surface area contributed by atoms with Crippen molar-refractivity contribution in [2.45, 2.75) is 26.3 Å². The van der Waals surface area contributed by atoms with Crippen LogP contribution in [0.25, 0.3) is 0 Å². The van der Waals surface area contributed by atoms with Crippen LogP contribution in [-0.4, -0.2) is 54.8 Å². The Bertz CT molecular complexity index is 499. The molecule has 2 amide bonds. The lowest BCUT2D eigenvalue weighted by molar-refractivity contribution is -0.128. The van der Waals surface area contributed by atoms with Gasteiger partial charge in [0.15, 0.2) is 0 Å². The number of hydrogen-bond donors (Lipinski definition) is 1. The monoisotopic (exact) mass is 323 g/mol. The first kappa shape index (κ1) is 17.0. The van der Waals surface area contributed by atoms with Gasteiger partial charge in [0.2, 0.25) is 11.8 Å². The van der Waals surface area contributed by atoms with Gasteiger partial charge < -0.3 is 15.1 Å². The van der Waals surface area contributed by atoms with Gasteiger partial charge in [0, 0.05) is 31.4 Å². The van der Waals surface area contributed by atoms with Gasteiger partial charge in [0.25, 0.3) is 0 Å². The molecule has 0 radical (unpaired) electrons. The van der Waals surface area contributed by atoms with Crippen LogP contribution in [0.5, 0.6) is 0 Å². The highest BCUT2D eigenvalue weighted by Gasteiger charge is 2.42. The van der Waals surface area contributed by atoms with E-state index in [-0.39, 0.29) is 23.8 Å². The van der Waals surface area contributed by atoms with Crippen molar-refractivity contribution in [2.75, 3.05) is 33.2 Å². The van der Waals surface area contributed by atoms with E-state index in [0.29, 0.717) is 13.0 Å². The second kappa shape index (κ2) is 7.74. The third kappa shape index (κ3) is 3.67. The predicted octanol–water partition coefficient (Wildman–Crippen LogP) is 1.73. The maximum atomic E-state index is 12.5. The SMILES string of the molecule is CCN(CC)CCNC(=O)[C@@H]1CC(=O)N(C)[C@H]1c1cccs1. The smallest absolute Gasteiger partial charge is 0.226 e. The average molecular weight is 323 g/mol. The molecule has 1 aliphatic rings. The minimum Gasteiger partial charge on any atom is -0.354 e. The van der Waals surface area contributed by atoms with E-state index in [4.69, 9.17) is 0 Å². The van der Waals surface area contributed by atoms with Gasteiger partial charge >= 0.3 is 0 Å². The molecule has 22 heavy (non-hydrogen) atoms. The van der Waals surface area contributed by atoms with Gasteiger partial charge in [0.05, 0.1) is 12.0 Å². The number of carbonyl (C=O) groups excluding carboxylic acids is 2. The van der Waals surface area contributed by atoms with Crippen LogP contribution in [-0.2, 0) is 9.59 Å². The normalized spacial score (nSPS) is 21.6. The molecule has 1 fully saturated rings. The molecule has 5 nitrogen and oxygen atoms in total. The summed E-state index contributed by atoms with van der Waals surface area (Å²) in [5.41, 5.74) is 0. The van der Waals surface area contributed by atoms with Gasteiger partial charge in [-0.1, -0.05) is 19.9 Å². The minimum atomic E-state index is -0.284. The van der Waals surface area contributed by atoms with Crippen molar-refractivity contribution >= 4 is 23.2 Å². The summed E-state index contributed by atoms with van der Waals surface area (Å²) in [7, 11) is 1.79. The molecule has 2 heterocycles. The fourth-order valence-electron chi connectivity index (χ4n) is 2.96. The Morgan fingerprint density at radius 3 is 2.77 bits per heavy atom. The number of nitrogens with zero attached hydrogens (tertiary/aromatic N) is 2. The minimum absolute atomic E-state index is 0.0109. The largest absolute Gasteiger partial charge is 0.354 e.